The molecule has 2 aromatic carbocycles. The monoisotopic (exact) mass is 474 g/mol. The lowest BCUT2D eigenvalue weighted by Gasteiger charge is -2.35. The summed E-state index contributed by atoms with van der Waals surface area (Å²) < 4.78 is 1.84. The highest BCUT2D eigenvalue weighted by molar-refractivity contribution is 5.89. The van der Waals surface area contributed by atoms with Crippen LogP contribution in [-0.2, 0) is 16.0 Å². The minimum absolute atomic E-state index is 0.00862. The molecule has 2 heterocycles. The number of imidazole rings is 1. The summed E-state index contributed by atoms with van der Waals surface area (Å²) in [5.74, 6) is -0.00347. The molecule has 1 aliphatic heterocycles. The molecule has 3 aromatic rings. The number of nitrogens with one attached hydrogen (secondary N) is 2. The maximum absolute atomic E-state index is 13.6. The van der Waals surface area contributed by atoms with E-state index in [9.17, 15) is 14.4 Å². The first kappa shape index (κ1) is 23.4. The van der Waals surface area contributed by atoms with Gasteiger partial charge in [0.25, 0.3) is 0 Å². The van der Waals surface area contributed by atoms with Gasteiger partial charge in [-0.05, 0) is 43.4 Å². The molecule has 1 saturated heterocycles. The van der Waals surface area contributed by atoms with E-state index in [1.807, 2.05) is 64.1 Å². The molecule has 7 nitrogen and oxygen atoms in total. The lowest BCUT2D eigenvalue weighted by molar-refractivity contribution is -0.138. The van der Waals surface area contributed by atoms with Crippen molar-refractivity contribution in [2.24, 2.45) is 5.92 Å². The third kappa shape index (κ3) is 5.19. The SMILES string of the molecule is O=C(N[C@@H](Cc1ccccc1)C(=O)N1CCC(n2c(=O)[nH]c3ccccc32)CC1)C1CCCCC1. The van der Waals surface area contributed by atoms with Crippen molar-refractivity contribution in [2.75, 3.05) is 13.1 Å². The van der Waals surface area contributed by atoms with Crippen LogP contribution < -0.4 is 11.0 Å². The highest BCUT2D eigenvalue weighted by Gasteiger charge is 2.32. The van der Waals surface area contributed by atoms with Gasteiger partial charge in [0.1, 0.15) is 6.04 Å². The van der Waals surface area contributed by atoms with Crippen molar-refractivity contribution in [1.82, 2.24) is 19.8 Å². The van der Waals surface area contributed by atoms with Gasteiger partial charge >= 0.3 is 5.69 Å². The summed E-state index contributed by atoms with van der Waals surface area (Å²) >= 11 is 0. The molecule has 0 spiro atoms. The highest BCUT2D eigenvalue weighted by atomic mass is 16.2. The number of hydrogen-bond acceptors (Lipinski definition) is 3. The van der Waals surface area contributed by atoms with Gasteiger partial charge < -0.3 is 15.2 Å². The van der Waals surface area contributed by atoms with Crippen molar-refractivity contribution in [3.8, 4) is 0 Å². The van der Waals surface area contributed by atoms with E-state index in [2.05, 4.69) is 10.3 Å². The fourth-order valence-corrected chi connectivity index (χ4v) is 5.71. The lowest BCUT2D eigenvalue weighted by atomic mass is 9.88. The van der Waals surface area contributed by atoms with Crippen LogP contribution in [0, 0.1) is 5.92 Å². The average molecular weight is 475 g/mol. The number of aromatic amines is 1. The number of rotatable bonds is 6. The fraction of sp³-hybridized carbons (Fsp3) is 0.464. The molecule has 1 aromatic heterocycles. The molecule has 2 fully saturated rings. The number of likely N-dealkylation sites (tertiary alicyclic amines) is 1. The molecule has 0 bridgehead atoms. The molecule has 1 saturated carbocycles. The molecular weight excluding hydrogens is 440 g/mol. The van der Waals surface area contributed by atoms with E-state index in [1.54, 1.807) is 0 Å². The highest BCUT2D eigenvalue weighted by Crippen LogP contribution is 2.26. The number of benzene rings is 2. The van der Waals surface area contributed by atoms with Crippen LogP contribution in [0.1, 0.15) is 56.6 Å². The molecule has 7 heteroatoms. The normalized spacial score (nSPS) is 18.5. The summed E-state index contributed by atoms with van der Waals surface area (Å²) in [6.45, 7) is 1.14. The van der Waals surface area contributed by atoms with Crippen molar-refractivity contribution in [2.45, 2.75) is 63.5 Å². The molecule has 184 valence electrons. The number of para-hydroxylation sites is 2. The van der Waals surface area contributed by atoms with E-state index in [-0.39, 0.29) is 29.5 Å². The molecule has 0 radical (unpaired) electrons. The standard InChI is InChI=1S/C28H34N4O3/c33-26(21-11-5-2-6-12-21)29-24(19-20-9-3-1-4-10-20)27(34)31-17-15-22(16-18-31)32-25-14-8-7-13-23(25)30-28(32)35/h1,3-4,7-10,13-14,21-22,24H,2,5-6,11-12,15-19H2,(H,29,33)(H,30,35)/t24-/m0/s1. The number of aromatic nitrogens is 2. The van der Waals surface area contributed by atoms with E-state index in [0.717, 1.165) is 42.3 Å². The molecule has 2 N–H and O–H groups in total. The average Bonchev–Trinajstić information content (AvgIpc) is 3.24. The Bertz CT molecular complexity index is 1220. The summed E-state index contributed by atoms with van der Waals surface area (Å²) in [6.07, 6.45) is 7.06. The zero-order valence-electron chi connectivity index (χ0n) is 20.1. The van der Waals surface area contributed by atoms with Crippen LogP contribution in [0.25, 0.3) is 11.0 Å². The van der Waals surface area contributed by atoms with Gasteiger partial charge in [-0.25, -0.2) is 4.79 Å². The Labute approximate surface area is 205 Å². The second-order valence-electron chi connectivity index (χ2n) is 9.96. The van der Waals surface area contributed by atoms with E-state index < -0.39 is 6.04 Å². The number of H-pyrrole nitrogens is 1. The number of fused-ring (bicyclic) bond motifs is 1. The largest absolute Gasteiger partial charge is 0.344 e. The van der Waals surface area contributed by atoms with Gasteiger partial charge in [-0.2, -0.15) is 0 Å². The third-order valence-electron chi connectivity index (χ3n) is 7.64. The summed E-state index contributed by atoms with van der Waals surface area (Å²) in [4.78, 5) is 44.1. The van der Waals surface area contributed by atoms with Crippen LogP contribution in [0.2, 0.25) is 0 Å². The van der Waals surface area contributed by atoms with Crippen LogP contribution in [0.4, 0.5) is 0 Å². The maximum Gasteiger partial charge on any atom is 0.326 e. The minimum atomic E-state index is -0.570. The zero-order chi connectivity index (χ0) is 24.2. The Hall–Kier alpha value is -3.35. The lowest BCUT2D eigenvalue weighted by Crippen LogP contribution is -2.53. The van der Waals surface area contributed by atoms with Gasteiger partial charge in [0.2, 0.25) is 11.8 Å². The first-order chi connectivity index (χ1) is 17.1. The number of piperidine rings is 1. The number of carbonyl (C=O) groups excluding carboxylic acids is 2. The Kier molecular flexibility index (Phi) is 7.02. The van der Waals surface area contributed by atoms with E-state index in [0.29, 0.717) is 32.4 Å². The third-order valence-corrected chi connectivity index (χ3v) is 7.64. The Morgan fingerprint density at radius 3 is 2.34 bits per heavy atom. The van der Waals surface area contributed by atoms with E-state index in [1.165, 1.54) is 6.42 Å². The summed E-state index contributed by atoms with van der Waals surface area (Å²) in [5.41, 5.74) is 2.68. The number of amides is 2. The van der Waals surface area contributed by atoms with Gasteiger partial charge in [-0.3, -0.25) is 14.2 Å². The molecule has 5 rings (SSSR count). The van der Waals surface area contributed by atoms with Crippen LogP contribution in [0.3, 0.4) is 0 Å². The van der Waals surface area contributed by atoms with Crippen LogP contribution in [-0.4, -0.2) is 45.4 Å². The van der Waals surface area contributed by atoms with Crippen molar-refractivity contribution in [3.63, 3.8) is 0 Å². The van der Waals surface area contributed by atoms with Gasteiger partial charge in [0.15, 0.2) is 0 Å². The van der Waals surface area contributed by atoms with Crippen molar-refractivity contribution in [1.29, 1.82) is 0 Å². The molecule has 0 unspecified atom stereocenters. The minimum Gasteiger partial charge on any atom is -0.344 e. The summed E-state index contributed by atoms with van der Waals surface area (Å²) in [5, 5.41) is 3.11. The first-order valence-electron chi connectivity index (χ1n) is 12.9. The number of carbonyl (C=O) groups is 2. The van der Waals surface area contributed by atoms with Gasteiger partial charge in [0, 0.05) is 31.5 Å². The van der Waals surface area contributed by atoms with Gasteiger partial charge in [0.05, 0.1) is 11.0 Å². The Morgan fingerprint density at radius 2 is 1.60 bits per heavy atom. The molecule has 1 atom stereocenters. The Balaban J connectivity index is 1.28. The fourth-order valence-electron chi connectivity index (χ4n) is 5.71. The van der Waals surface area contributed by atoms with Crippen molar-refractivity contribution < 1.29 is 9.59 Å². The van der Waals surface area contributed by atoms with Gasteiger partial charge in [-0.15, -0.1) is 0 Å². The molecular formula is C28H34N4O3. The van der Waals surface area contributed by atoms with E-state index in [4.69, 9.17) is 0 Å². The topological polar surface area (TPSA) is 87.2 Å². The van der Waals surface area contributed by atoms with Crippen LogP contribution >= 0.6 is 0 Å². The second-order valence-corrected chi connectivity index (χ2v) is 9.96. The predicted molar refractivity (Wildman–Crippen MR) is 136 cm³/mol. The van der Waals surface area contributed by atoms with Crippen molar-refractivity contribution >= 4 is 22.8 Å². The quantitative estimate of drug-likeness (QED) is 0.570. The number of hydrogen-bond donors (Lipinski definition) is 2. The maximum atomic E-state index is 13.6. The summed E-state index contributed by atoms with van der Waals surface area (Å²) in [7, 11) is 0. The Morgan fingerprint density at radius 1 is 0.914 bits per heavy atom. The zero-order valence-corrected chi connectivity index (χ0v) is 20.1. The molecule has 35 heavy (non-hydrogen) atoms. The van der Waals surface area contributed by atoms with Crippen molar-refractivity contribution in [3.05, 3.63) is 70.6 Å². The second kappa shape index (κ2) is 10.5. The molecule has 2 amide bonds. The van der Waals surface area contributed by atoms with Crippen LogP contribution in [0.15, 0.2) is 59.4 Å². The molecule has 1 aliphatic carbocycles. The summed E-state index contributed by atoms with van der Waals surface area (Å²) in [6, 6.07) is 17.1. The van der Waals surface area contributed by atoms with Crippen LogP contribution in [0.5, 0.6) is 0 Å². The molecule has 2 aliphatic rings. The van der Waals surface area contributed by atoms with E-state index >= 15 is 0 Å². The number of nitrogens with zero attached hydrogens (tertiary/aromatic N) is 2. The van der Waals surface area contributed by atoms with Gasteiger partial charge in [-0.1, -0.05) is 61.7 Å². The predicted octanol–water partition coefficient (Wildman–Crippen LogP) is 3.80. The smallest absolute Gasteiger partial charge is 0.326 e. The first-order valence-corrected chi connectivity index (χ1v) is 12.9.